The van der Waals surface area contributed by atoms with Crippen molar-refractivity contribution in [2.45, 2.75) is 111 Å². The van der Waals surface area contributed by atoms with E-state index < -0.39 is 33.6 Å². The molecule has 0 N–H and O–H groups in total. The van der Waals surface area contributed by atoms with Gasteiger partial charge in [0.15, 0.2) is 0 Å². The van der Waals surface area contributed by atoms with E-state index in [-0.39, 0.29) is 40.8 Å². The van der Waals surface area contributed by atoms with Crippen LogP contribution in [0, 0.1) is 0 Å². The molecule has 3 saturated carbocycles. The second kappa shape index (κ2) is 26.4. The lowest BCUT2D eigenvalue weighted by Gasteiger charge is -2.46. The van der Waals surface area contributed by atoms with E-state index in [1.54, 1.807) is 42.7 Å². The molecule has 442 valence electrons. The zero-order valence-corrected chi connectivity index (χ0v) is 49.8. The molecule has 3 fully saturated rings. The highest BCUT2D eigenvalue weighted by Gasteiger charge is 2.49. The van der Waals surface area contributed by atoms with Gasteiger partial charge in [-0.3, -0.25) is 0 Å². The van der Waals surface area contributed by atoms with Crippen LogP contribution in [0.25, 0.3) is 44.5 Å². The van der Waals surface area contributed by atoms with E-state index in [9.17, 15) is 0 Å². The van der Waals surface area contributed by atoms with E-state index in [0.717, 1.165) is 155 Å². The van der Waals surface area contributed by atoms with Gasteiger partial charge in [-0.1, -0.05) is 170 Å². The molecule has 12 nitrogen and oxygen atoms in total. The molecule has 84 heavy (non-hydrogen) atoms. The normalized spacial score (nSPS) is 25.6. The summed E-state index contributed by atoms with van der Waals surface area (Å²) in [4.78, 5) is 0. The molecule has 0 aliphatic heterocycles. The number of hydrogen-bond donors (Lipinski definition) is 0. The Hall–Kier alpha value is -5.94. The molecule has 0 unspecified atom stereocenters. The highest BCUT2D eigenvalue weighted by atomic mass is 16.7. The van der Waals surface area contributed by atoms with Crippen LogP contribution in [0.1, 0.15) is 110 Å². The van der Waals surface area contributed by atoms with Crippen molar-refractivity contribution >= 4 is 0 Å². The highest BCUT2D eigenvalue weighted by molar-refractivity contribution is 5.71. The summed E-state index contributed by atoms with van der Waals surface area (Å²) in [5, 5.41) is 0. The molecule has 0 amide bonds. The Balaban J connectivity index is 0.937. The zero-order chi connectivity index (χ0) is 58.1. The average molecular weight is 1140 g/mol. The molecule has 0 aromatic heterocycles. The van der Waals surface area contributed by atoms with E-state index in [0.29, 0.717) is 0 Å². The third kappa shape index (κ3) is 12.1. The Bertz CT molecular complexity index is 2950. The van der Waals surface area contributed by atoms with Crippen LogP contribution in [-0.2, 0) is 90.4 Å². The summed E-state index contributed by atoms with van der Waals surface area (Å²) in [7, 11) is 10.1. The molecule has 0 heterocycles. The van der Waals surface area contributed by atoms with Gasteiger partial charge in [-0.25, -0.2) is 0 Å². The average Bonchev–Trinajstić information content (AvgIpc) is 3.27. The largest absolute Gasteiger partial charge is 0.359 e. The molecule has 0 spiro atoms. The zero-order valence-electron chi connectivity index (χ0n) is 49.8. The fourth-order valence-corrected chi connectivity index (χ4v) is 14.0. The lowest BCUT2D eigenvalue weighted by molar-refractivity contribution is -0.203. The lowest BCUT2D eigenvalue weighted by Crippen LogP contribution is -2.43. The molecule has 19 aliphatic carbocycles. The van der Waals surface area contributed by atoms with Crippen molar-refractivity contribution in [3.8, 4) is 44.5 Å². The molecule has 0 atom stereocenters. The summed E-state index contributed by atoms with van der Waals surface area (Å²) in [5.74, 6) is 0. The smallest absolute Gasteiger partial charge is 0.147 e. The second-order valence-corrected chi connectivity index (χ2v) is 23.3. The SMILES string of the molecule is COCOC12CCC(OCOC)(CC1)c1ccc(cc1)-c1ccc(cc1)C1(OCOC)CCC(OCOC)(CC1)c1ccc(cc1)-c1ccc(cc1)C1(OCOC)CCC(OCOC)(CC1)c1ccc(cc1)-c1ccc(cc1)-c1ccc2cc1. The molecule has 20 bridgehead atoms. The van der Waals surface area contributed by atoms with E-state index in [1.807, 2.05) is 0 Å². The van der Waals surface area contributed by atoms with Gasteiger partial charge < -0.3 is 56.8 Å². The van der Waals surface area contributed by atoms with E-state index in [4.69, 9.17) is 56.8 Å². The van der Waals surface area contributed by atoms with Crippen LogP contribution in [0.15, 0.2) is 170 Å². The van der Waals surface area contributed by atoms with Gasteiger partial charge in [-0.2, -0.15) is 0 Å². The summed E-state index contributed by atoms with van der Waals surface area (Å²) in [6, 6.07) is 61.9. The van der Waals surface area contributed by atoms with Crippen molar-refractivity contribution in [2.24, 2.45) is 0 Å². The van der Waals surface area contributed by atoms with Crippen molar-refractivity contribution in [1.82, 2.24) is 0 Å². The van der Waals surface area contributed by atoms with Gasteiger partial charge in [-0.05, 0) is 155 Å². The number of ether oxygens (including phenoxy) is 12. The summed E-state index contributed by atoms with van der Waals surface area (Å²) in [6.45, 7) is 1.07. The molecule has 19 aliphatic rings. The van der Waals surface area contributed by atoms with E-state index >= 15 is 0 Å². The molecule has 0 radical (unpaired) electrons. The van der Waals surface area contributed by atoms with Gasteiger partial charge in [0.1, 0.15) is 40.8 Å². The predicted octanol–water partition coefficient (Wildman–Crippen LogP) is 15.4. The molecule has 0 saturated heterocycles. The Labute approximate surface area is 496 Å². The van der Waals surface area contributed by atoms with Crippen LogP contribution in [0.3, 0.4) is 0 Å². The van der Waals surface area contributed by atoms with Crippen molar-refractivity contribution in [1.29, 1.82) is 0 Å². The number of methoxy groups -OCH3 is 6. The lowest BCUT2D eigenvalue weighted by atomic mass is 9.69. The van der Waals surface area contributed by atoms with Gasteiger partial charge in [-0.15, -0.1) is 0 Å². The quantitative estimate of drug-likeness (QED) is 0.0763. The Morgan fingerprint density at radius 2 is 0.298 bits per heavy atom. The van der Waals surface area contributed by atoms with Gasteiger partial charge in [0, 0.05) is 42.7 Å². The third-order valence-electron chi connectivity index (χ3n) is 19.0. The number of hydrogen-bond acceptors (Lipinski definition) is 12. The Kier molecular flexibility index (Phi) is 18.8. The maximum atomic E-state index is 6.73. The maximum Gasteiger partial charge on any atom is 0.147 e. The first-order valence-corrected chi connectivity index (χ1v) is 29.6. The Morgan fingerprint density at radius 3 is 0.405 bits per heavy atom. The monoisotopic (exact) mass is 1140 g/mol. The van der Waals surface area contributed by atoms with Crippen LogP contribution < -0.4 is 0 Å². The number of benzene rings is 7. The maximum absolute atomic E-state index is 6.73. The van der Waals surface area contributed by atoms with Crippen molar-refractivity contribution in [3.63, 3.8) is 0 Å². The van der Waals surface area contributed by atoms with Crippen molar-refractivity contribution in [2.75, 3.05) is 83.4 Å². The molecular formula is C72H82O12. The highest BCUT2D eigenvalue weighted by Crippen LogP contribution is 2.54. The second-order valence-electron chi connectivity index (χ2n) is 23.3. The standard InChI is InChI=1S/C72H82O12/c1-73-47-79-67-35-39-69(40-36-67,81-49-75-3)63-27-15-57(16-28-63)59-19-31-65(32-20-59)71(83-51-77-5)43-45-72(46-44-71,84-52-78-6)66-33-21-60(22-34-66)58-17-29-64(30-18-58)70(82-50-76-4)41-37-68(38-42-70,80-48-74-2)62-25-13-56(14-26-62)54-9-7-53(8-10-54)55-11-23-61(67)24-12-55/h7-34H,35-52H2,1-6H3. The van der Waals surface area contributed by atoms with Crippen LogP contribution in [0.2, 0.25) is 0 Å². The summed E-state index contributed by atoms with van der Waals surface area (Å²) < 4.78 is 73.8. The molecule has 7 aromatic rings. The van der Waals surface area contributed by atoms with Gasteiger partial charge in [0.2, 0.25) is 0 Å². The van der Waals surface area contributed by atoms with Crippen LogP contribution in [0.4, 0.5) is 0 Å². The molecular weight excluding hydrogens is 1060 g/mol. The summed E-state index contributed by atoms with van der Waals surface area (Å²) in [6.07, 6.45) is 8.70. The Morgan fingerprint density at radius 1 is 0.190 bits per heavy atom. The molecule has 26 rings (SSSR count). The van der Waals surface area contributed by atoms with Crippen LogP contribution >= 0.6 is 0 Å². The number of rotatable bonds is 18. The van der Waals surface area contributed by atoms with Crippen molar-refractivity contribution < 1.29 is 56.8 Å². The fourth-order valence-electron chi connectivity index (χ4n) is 14.0. The first-order valence-electron chi connectivity index (χ1n) is 29.6. The van der Waals surface area contributed by atoms with Gasteiger partial charge in [0.25, 0.3) is 0 Å². The third-order valence-corrected chi connectivity index (χ3v) is 19.0. The van der Waals surface area contributed by atoms with Crippen LogP contribution in [0.5, 0.6) is 0 Å². The minimum absolute atomic E-state index is 0.175. The molecule has 7 aromatic carbocycles. The van der Waals surface area contributed by atoms with E-state index in [2.05, 4.69) is 170 Å². The predicted molar refractivity (Wildman–Crippen MR) is 324 cm³/mol. The van der Waals surface area contributed by atoms with Gasteiger partial charge in [0.05, 0.1) is 33.6 Å². The minimum atomic E-state index is -0.581. The first-order chi connectivity index (χ1) is 41.1. The first kappa shape index (κ1) is 59.8. The van der Waals surface area contributed by atoms with E-state index in [1.165, 1.54) is 0 Å². The molecule has 12 heteroatoms. The summed E-state index contributed by atoms with van der Waals surface area (Å²) >= 11 is 0. The minimum Gasteiger partial charge on any atom is -0.359 e. The van der Waals surface area contributed by atoms with Crippen LogP contribution in [-0.4, -0.2) is 83.4 Å². The fraction of sp³-hybridized carbons (Fsp3) is 0.417. The van der Waals surface area contributed by atoms with Crippen molar-refractivity contribution in [3.05, 3.63) is 203 Å². The topological polar surface area (TPSA) is 111 Å². The summed E-state index contributed by atoms with van der Waals surface area (Å²) in [5.41, 5.74) is 12.3. The van der Waals surface area contributed by atoms with Gasteiger partial charge >= 0.3 is 0 Å².